The first-order chi connectivity index (χ1) is 9.65. The van der Waals surface area contributed by atoms with Gasteiger partial charge in [-0.3, -0.25) is 4.79 Å². The Morgan fingerprint density at radius 3 is 2.70 bits per heavy atom. The van der Waals surface area contributed by atoms with Gasteiger partial charge < -0.3 is 14.8 Å². The minimum atomic E-state index is -0.158. The number of para-hydroxylation sites is 1. The molecule has 2 aromatic carbocycles. The molecule has 0 unspecified atom stereocenters. The summed E-state index contributed by atoms with van der Waals surface area (Å²) in [7, 11) is 0. The zero-order valence-electron chi connectivity index (χ0n) is 10.9. The van der Waals surface area contributed by atoms with Gasteiger partial charge in [-0.05, 0) is 30.7 Å². The molecule has 100 valence electrons. The second-order valence-corrected chi connectivity index (χ2v) is 4.60. The summed E-state index contributed by atoms with van der Waals surface area (Å²) >= 11 is 0. The smallest absolute Gasteiger partial charge is 0.216 e. The first-order valence-electron chi connectivity index (χ1n) is 6.22. The molecule has 0 saturated carbocycles. The van der Waals surface area contributed by atoms with Gasteiger partial charge in [0.05, 0.1) is 5.39 Å². The normalized spacial score (nSPS) is 10.7. The highest BCUT2D eigenvalue weighted by Crippen LogP contribution is 2.22. The number of aromatic hydroxyl groups is 1. The minimum absolute atomic E-state index is 0.0697. The quantitative estimate of drug-likeness (QED) is 0.745. The molecule has 0 aliphatic heterocycles. The van der Waals surface area contributed by atoms with Gasteiger partial charge >= 0.3 is 0 Å². The molecule has 3 rings (SSSR count). The Morgan fingerprint density at radius 1 is 1.10 bits per heavy atom. The van der Waals surface area contributed by atoms with Crippen molar-refractivity contribution in [1.82, 2.24) is 0 Å². The minimum Gasteiger partial charge on any atom is -0.508 e. The number of nitrogens with one attached hydrogen (secondary N) is 1. The van der Waals surface area contributed by atoms with Crippen molar-refractivity contribution in [3.63, 3.8) is 0 Å². The number of aryl methyl sites for hydroxylation is 1. The van der Waals surface area contributed by atoms with Gasteiger partial charge in [-0.1, -0.05) is 18.2 Å². The molecule has 0 atom stereocenters. The van der Waals surface area contributed by atoms with Crippen LogP contribution in [0.25, 0.3) is 11.0 Å². The van der Waals surface area contributed by atoms with Gasteiger partial charge in [-0.15, -0.1) is 0 Å². The maximum atomic E-state index is 12.4. The third-order valence-electron chi connectivity index (χ3n) is 3.17. The van der Waals surface area contributed by atoms with Crippen LogP contribution in [0, 0.1) is 6.92 Å². The van der Waals surface area contributed by atoms with Crippen molar-refractivity contribution in [2.24, 2.45) is 0 Å². The average molecular weight is 267 g/mol. The molecule has 0 saturated heterocycles. The van der Waals surface area contributed by atoms with E-state index in [0.29, 0.717) is 16.7 Å². The van der Waals surface area contributed by atoms with Crippen LogP contribution in [0.4, 0.5) is 11.4 Å². The van der Waals surface area contributed by atoms with Crippen LogP contribution in [-0.4, -0.2) is 5.11 Å². The first-order valence-corrected chi connectivity index (χ1v) is 6.22. The highest BCUT2D eigenvalue weighted by Gasteiger charge is 2.08. The molecule has 0 bridgehead atoms. The van der Waals surface area contributed by atoms with Crippen LogP contribution in [-0.2, 0) is 0 Å². The van der Waals surface area contributed by atoms with E-state index in [1.165, 1.54) is 18.4 Å². The molecule has 0 amide bonds. The van der Waals surface area contributed by atoms with Crippen LogP contribution in [0.2, 0.25) is 0 Å². The Kier molecular flexibility index (Phi) is 2.91. The summed E-state index contributed by atoms with van der Waals surface area (Å²) in [5, 5.41) is 12.9. The number of hydrogen-bond acceptors (Lipinski definition) is 4. The summed E-state index contributed by atoms with van der Waals surface area (Å²) in [6, 6.07) is 12.1. The largest absolute Gasteiger partial charge is 0.508 e. The van der Waals surface area contributed by atoms with Crippen molar-refractivity contribution in [2.75, 3.05) is 5.32 Å². The summed E-state index contributed by atoms with van der Waals surface area (Å²) in [6.45, 7) is 1.96. The first kappa shape index (κ1) is 12.3. The van der Waals surface area contributed by atoms with E-state index in [1.807, 2.05) is 31.2 Å². The second-order valence-electron chi connectivity index (χ2n) is 4.60. The number of phenols is 1. The maximum Gasteiger partial charge on any atom is 0.216 e. The highest BCUT2D eigenvalue weighted by atomic mass is 16.3. The molecule has 2 N–H and O–H groups in total. The van der Waals surface area contributed by atoms with E-state index in [9.17, 15) is 9.90 Å². The van der Waals surface area contributed by atoms with E-state index >= 15 is 0 Å². The summed E-state index contributed by atoms with van der Waals surface area (Å²) in [5.74, 6) is 0.0697. The van der Waals surface area contributed by atoms with E-state index in [-0.39, 0.29) is 11.2 Å². The number of rotatable bonds is 2. The summed E-state index contributed by atoms with van der Waals surface area (Å²) in [5.41, 5.74) is 2.48. The molecule has 0 spiro atoms. The zero-order chi connectivity index (χ0) is 14.1. The molecule has 0 radical (unpaired) electrons. The van der Waals surface area contributed by atoms with Crippen LogP contribution in [0.5, 0.6) is 5.75 Å². The number of fused-ring (bicyclic) bond motifs is 1. The van der Waals surface area contributed by atoms with Crippen molar-refractivity contribution >= 4 is 22.3 Å². The van der Waals surface area contributed by atoms with Crippen LogP contribution < -0.4 is 10.7 Å². The average Bonchev–Trinajstić information content (AvgIpc) is 2.44. The lowest BCUT2D eigenvalue weighted by Crippen LogP contribution is -2.08. The van der Waals surface area contributed by atoms with Crippen LogP contribution >= 0.6 is 0 Å². The standard InChI is InChI=1S/C16H13NO3/c1-10-4-2-3-5-13(10)17-14-9-20-15-8-11(18)6-7-12(15)16(14)19/h2-9,17-18H,1H3. The van der Waals surface area contributed by atoms with Gasteiger partial charge in [0.1, 0.15) is 23.3 Å². The molecule has 4 heteroatoms. The fourth-order valence-corrected chi connectivity index (χ4v) is 2.06. The Bertz CT molecular complexity index is 836. The zero-order valence-corrected chi connectivity index (χ0v) is 10.9. The van der Waals surface area contributed by atoms with E-state index in [4.69, 9.17) is 4.42 Å². The second kappa shape index (κ2) is 4.74. The van der Waals surface area contributed by atoms with Crippen molar-refractivity contribution in [1.29, 1.82) is 0 Å². The number of phenolic OH excluding ortho intramolecular Hbond substituents is 1. The van der Waals surface area contributed by atoms with E-state index in [0.717, 1.165) is 11.3 Å². The molecule has 4 nitrogen and oxygen atoms in total. The number of benzene rings is 2. The lowest BCUT2D eigenvalue weighted by molar-refractivity contribution is 0.474. The Hall–Kier alpha value is -2.75. The molecular weight excluding hydrogens is 254 g/mol. The molecule has 0 aliphatic carbocycles. The fraction of sp³-hybridized carbons (Fsp3) is 0.0625. The molecule has 1 aromatic heterocycles. The monoisotopic (exact) mass is 267 g/mol. The topological polar surface area (TPSA) is 62.5 Å². The van der Waals surface area contributed by atoms with Crippen LogP contribution in [0.15, 0.2) is 57.9 Å². The third-order valence-corrected chi connectivity index (χ3v) is 3.17. The number of anilines is 2. The molecule has 20 heavy (non-hydrogen) atoms. The van der Waals surface area contributed by atoms with Crippen molar-refractivity contribution in [2.45, 2.75) is 6.92 Å². The summed E-state index contributed by atoms with van der Waals surface area (Å²) < 4.78 is 5.39. The summed E-state index contributed by atoms with van der Waals surface area (Å²) in [6.07, 6.45) is 1.37. The third kappa shape index (κ3) is 2.12. The molecule has 1 heterocycles. The Labute approximate surface area is 115 Å². The van der Waals surface area contributed by atoms with Crippen LogP contribution in [0.3, 0.4) is 0 Å². The molecular formula is C16H13NO3. The predicted octanol–water partition coefficient (Wildman–Crippen LogP) is 3.55. The van der Waals surface area contributed by atoms with E-state index in [2.05, 4.69) is 5.32 Å². The van der Waals surface area contributed by atoms with Crippen LogP contribution in [0.1, 0.15) is 5.56 Å². The molecule has 0 fully saturated rings. The van der Waals surface area contributed by atoms with Crippen molar-refractivity contribution < 1.29 is 9.52 Å². The predicted molar refractivity (Wildman–Crippen MR) is 78.6 cm³/mol. The highest BCUT2D eigenvalue weighted by molar-refractivity contribution is 5.81. The van der Waals surface area contributed by atoms with Crippen molar-refractivity contribution in [3.05, 3.63) is 64.5 Å². The van der Waals surface area contributed by atoms with Gasteiger partial charge in [-0.25, -0.2) is 0 Å². The van der Waals surface area contributed by atoms with E-state index < -0.39 is 0 Å². The van der Waals surface area contributed by atoms with Gasteiger partial charge in [0, 0.05) is 11.8 Å². The number of hydrogen-bond donors (Lipinski definition) is 2. The lowest BCUT2D eigenvalue weighted by atomic mass is 10.2. The van der Waals surface area contributed by atoms with Gasteiger partial charge in [0.15, 0.2) is 0 Å². The van der Waals surface area contributed by atoms with Gasteiger partial charge in [-0.2, -0.15) is 0 Å². The molecule has 3 aromatic rings. The van der Waals surface area contributed by atoms with E-state index in [1.54, 1.807) is 6.07 Å². The fourth-order valence-electron chi connectivity index (χ4n) is 2.06. The van der Waals surface area contributed by atoms with Crippen molar-refractivity contribution in [3.8, 4) is 5.75 Å². The molecule has 0 aliphatic rings. The SMILES string of the molecule is Cc1ccccc1Nc1coc2cc(O)ccc2c1=O. The van der Waals surface area contributed by atoms with Gasteiger partial charge in [0.25, 0.3) is 0 Å². The Balaban J connectivity index is 2.09. The lowest BCUT2D eigenvalue weighted by Gasteiger charge is -2.08. The Morgan fingerprint density at radius 2 is 1.90 bits per heavy atom. The van der Waals surface area contributed by atoms with Gasteiger partial charge in [0.2, 0.25) is 5.43 Å². The summed E-state index contributed by atoms with van der Waals surface area (Å²) in [4.78, 5) is 12.4. The maximum absolute atomic E-state index is 12.4.